The fourth-order valence-electron chi connectivity index (χ4n) is 5.70. The van der Waals surface area contributed by atoms with Gasteiger partial charge in [-0.25, -0.2) is 26.2 Å². The van der Waals surface area contributed by atoms with Gasteiger partial charge >= 0.3 is 31.4 Å². The van der Waals surface area contributed by atoms with E-state index in [0.29, 0.717) is 6.42 Å². The van der Waals surface area contributed by atoms with Crippen LogP contribution in [-0.2, 0) is 47.1 Å². The van der Waals surface area contributed by atoms with E-state index in [2.05, 4.69) is 148 Å². The average Bonchev–Trinajstić information content (AvgIpc) is 3.65. The van der Waals surface area contributed by atoms with E-state index in [1.54, 1.807) is 0 Å². The van der Waals surface area contributed by atoms with Crippen molar-refractivity contribution in [2.45, 2.75) is 69.3 Å². The Kier molecular flexibility index (Phi) is 16.4. The van der Waals surface area contributed by atoms with Gasteiger partial charge in [0.15, 0.2) is 20.2 Å². The molecule has 0 spiro atoms. The Balaban J connectivity index is 0.000000556. The zero-order chi connectivity index (χ0) is 42.5. The van der Waals surface area contributed by atoms with Crippen molar-refractivity contribution in [3.8, 4) is 33.9 Å². The van der Waals surface area contributed by atoms with Crippen molar-refractivity contribution in [2.75, 3.05) is 0 Å². The third-order valence-corrected chi connectivity index (χ3v) is 12.0. The molecule has 5 aromatic rings. The number of allylic oxidation sites excluding steroid dienone is 1. The number of rotatable bonds is 7. The number of hydrogen-bond acceptors (Lipinski definition) is 8. The van der Waals surface area contributed by atoms with Gasteiger partial charge in [-0.1, -0.05) is 126 Å². The maximum atomic E-state index is 10.7. The number of aromatic nitrogens is 4. The Morgan fingerprint density at radius 2 is 1.05 bits per heavy atom. The fourth-order valence-corrected chi connectivity index (χ4v) is 9.70. The van der Waals surface area contributed by atoms with Crippen molar-refractivity contribution < 1.29 is 72.7 Å². The largest absolute Gasteiger partial charge is 2.00 e. The Bertz CT molecular complexity index is 2250. The molecule has 0 unspecified atom stereocenters. The maximum Gasteiger partial charge on any atom is 2.00 e. The molecular formula is C37H39F6N4O6PPdS2. The molecule has 2 aromatic heterocycles. The van der Waals surface area contributed by atoms with Crippen LogP contribution >= 0.6 is 7.92 Å². The van der Waals surface area contributed by atoms with Gasteiger partial charge in [-0.3, -0.25) is 0 Å². The van der Waals surface area contributed by atoms with Crippen LogP contribution in [0.4, 0.5) is 26.3 Å². The summed E-state index contributed by atoms with van der Waals surface area (Å²) in [5, 5.41) is 10.8. The summed E-state index contributed by atoms with van der Waals surface area (Å²) in [6, 6.07) is 33.8. The minimum absolute atomic E-state index is 0. The normalized spacial score (nSPS) is 12.5. The van der Waals surface area contributed by atoms with Crippen molar-refractivity contribution in [1.82, 2.24) is 19.6 Å². The van der Waals surface area contributed by atoms with Crippen LogP contribution in [-0.4, -0.2) is 66.8 Å². The van der Waals surface area contributed by atoms with E-state index in [1.165, 1.54) is 5.44 Å². The molecule has 0 radical (unpaired) electrons. The fraction of sp³-hybridized carbons (Fsp3) is 0.297. The summed E-state index contributed by atoms with van der Waals surface area (Å²) in [5.41, 5.74) is -2.89. The molecule has 312 valence electrons. The molecule has 3 aromatic carbocycles. The maximum absolute atomic E-state index is 10.7. The molecule has 5 rings (SSSR count). The second kappa shape index (κ2) is 18.9. The molecule has 0 atom stereocenters. The van der Waals surface area contributed by atoms with E-state index in [9.17, 15) is 26.3 Å². The molecule has 0 N–H and O–H groups in total. The molecule has 0 amide bonds. The zero-order valence-electron chi connectivity index (χ0n) is 31.3. The molecule has 0 aliphatic carbocycles. The number of hydrogen-bond donors (Lipinski definition) is 0. The van der Waals surface area contributed by atoms with E-state index >= 15 is 0 Å². The van der Waals surface area contributed by atoms with Crippen molar-refractivity contribution in [2.24, 2.45) is 0 Å². The van der Waals surface area contributed by atoms with Gasteiger partial charge in [-0.2, -0.15) is 36.5 Å². The summed E-state index contributed by atoms with van der Waals surface area (Å²) in [6.45, 7) is 18.2. The van der Waals surface area contributed by atoms with Gasteiger partial charge in [0.2, 0.25) is 0 Å². The quantitative estimate of drug-likeness (QED) is 0.0392. The van der Waals surface area contributed by atoms with Gasteiger partial charge in [0.1, 0.15) is 17.1 Å². The molecule has 0 fully saturated rings. The number of halogens is 6. The van der Waals surface area contributed by atoms with Crippen molar-refractivity contribution >= 4 is 33.6 Å². The standard InChI is InChI=1S/C35H39N4P.2CHF3O3S.Pd/c1-8-18-28-25-30(40(34(2,3)4)35(5,6)7)39(36-28)33-31(26-19-12-9-13-20-26)37-38(29-23-16-11-17-24-29)32(33)27-21-14-10-15-22-27;2*2-1(3,4)8(5,6)7;/h8-17,19-25H,1,18H2,2-7H3;2*(H,5,6,7);/q;;;+2/p-2. The molecule has 57 heavy (non-hydrogen) atoms. The van der Waals surface area contributed by atoms with E-state index < -0.39 is 39.2 Å². The summed E-state index contributed by atoms with van der Waals surface area (Å²) in [4.78, 5) is 0. The Labute approximate surface area is 342 Å². The molecule has 0 aliphatic heterocycles. The summed E-state index contributed by atoms with van der Waals surface area (Å²) in [6.07, 6.45) is 2.65. The summed E-state index contributed by atoms with van der Waals surface area (Å²) >= 11 is 0. The number of alkyl halides is 6. The smallest absolute Gasteiger partial charge is 0.741 e. The molecule has 0 aliphatic rings. The third-order valence-electron chi connectivity index (χ3n) is 7.40. The first-order chi connectivity index (χ1) is 25.6. The molecular weight excluding hydrogens is 912 g/mol. The van der Waals surface area contributed by atoms with Crippen LogP contribution in [0.15, 0.2) is 110 Å². The second-order valence-electron chi connectivity index (χ2n) is 13.9. The molecule has 20 heteroatoms. The molecule has 0 bridgehead atoms. The first-order valence-electron chi connectivity index (χ1n) is 16.4. The van der Waals surface area contributed by atoms with Gasteiger partial charge in [-0.15, -0.1) is 6.58 Å². The number of para-hydroxylation sites is 1. The van der Waals surface area contributed by atoms with E-state index in [4.69, 9.17) is 36.1 Å². The van der Waals surface area contributed by atoms with Crippen LogP contribution in [0.1, 0.15) is 47.2 Å². The predicted molar refractivity (Wildman–Crippen MR) is 203 cm³/mol. The minimum Gasteiger partial charge on any atom is -0.741 e. The van der Waals surface area contributed by atoms with Crippen LogP contribution in [0.5, 0.6) is 0 Å². The van der Waals surface area contributed by atoms with Crippen LogP contribution in [0, 0.1) is 0 Å². The SMILES string of the molecule is C=CCc1cc(P(C(C)(C)C)C(C)(C)C)n(-c2c(-c3ccccc3)nn(-c3ccccc3)c2-c2ccccc2)n1.O=S(=O)([O-])C(F)(F)F.O=S(=O)([O-])C(F)(F)F.[Pd+2]. The summed E-state index contributed by atoms with van der Waals surface area (Å²) < 4.78 is 122. The average molecular weight is 951 g/mol. The Hall–Kier alpha value is -3.69. The molecule has 0 saturated heterocycles. The van der Waals surface area contributed by atoms with Crippen molar-refractivity contribution in [3.63, 3.8) is 0 Å². The van der Waals surface area contributed by atoms with Crippen LogP contribution in [0.25, 0.3) is 33.9 Å². The van der Waals surface area contributed by atoms with Crippen LogP contribution in [0.3, 0.4) is 0 Å². The second-order valence-corrected chi connectivity index (χ2v) is 20.5. The van der Waals surface area contributed by atoms with Crippen molar-refractivity contribution in [3.05, 3.63) is 115 Å². The Morgan fingerprint density at radius 3 is 1.42 bits per heavy atom. The molecule has 2 heterocycles. The topological polar surface area (TPSA) is 150 Å². The first kappa shape index (κ1) is 49.5. The first-order valence-corrected chi connectivity index (χ1v) is 20.6. The van der Waals surface area contributed by atoms with Gasteiger partial charge in [0.25, 0.3) is 0 Å². The summed E-state index contributed by atoms with van der Waals surface area (Å²) in [5.74, 6) is 0. The van der Waals surface area contributed by atoms with Crippen LogP contribution in [0.2, 0.25) is 0 Å². The number of benzene rings is 3. The number of nitrogens with zero attached hydrogens (tertiary/aromatic N) is 4. The van der Waals surface area contributed by atoms with Gasteiger partial charge in [-0.05, 0) is 36.4 Å². The monoisotopic (exact) mass is 950 g/mol. The van der Waals surface area contributed by atoms with Gasteiger partial charge in [0.05, 0.1) is 16.8 Å². The summed E-state index contributed by atoms with van der Waals surface area (Å²) in [7, 11) is -12.8. The Morgan fingerprint density at radius 1 is 0.667 bits per heavy atom. The predicted octanol–water partition coefficient (Wildman–Crippen LogP) is 8.93. The van der Waals surface area contributed by atoms with E-state index in [-0.39, 0.29) is 30.7 Å². The van der Waals surface area contributed by atoms with E-state index in [0.717, 1.165) is 39.6 Å². The zero-order valence-corrected chi connectivity index (χ0v) is 35.4. The molecule has 0 saturated carbocycles. The van der Waals surface area contributed by atoms with Crippen LogP contribution < -0.4 is 5.44 Å². The van der Waals surface area contributed by atoms with Gasteiger partial charge in [0, 0.05) is 17.5 Å². The van der Waals surface area contributed by atoms with E-state index in [1.807, 2.05) is 12.1 Å². The molecule has 10 nitrogen and oxygen atoms in total. The van der Waals surface area contributed by atoms with Crippen molar-refractivity contribution in [1.29, 1.82) is 0 Å². The third kappa shape index (κ3) is 12.9. The minimum atomic E-state index is -6.09. The van der Waals surface area contributed by atoms with Gasteiger partial charge < -0.3 is 9.11 Å².